The van der Waals surface area contributed by atoms with Crippen LogP contribution in [0.25, 0.3) is 0 Å². The second-order valence-corrected chi connectivity index (χ2v) is 8.82. The lowest BCUT2D eigenvalue weighted by Crippen LogP contribution is -2.73. The summed E-state index contributed by atoms with van der Waals surface area (Å²) >= 11 is 0. The zero-order valence-electron chi connectivity index (χ0n) is 18.8. The molecule has 0 radical (unpaired) electrons. The van der Waals surface area contributed by atoms with Gasteiger partial charge in [0.15, 0.2) is 0 Å². The summed E-state index contributed by atoms with van der Waals surface area (Å²) in [6, 6.07) is 27.0. The summed E-state index contributed by atoms with van der Waals surface area (Å²) < 4.78 is 0. The smallest absolute Gasteiger partial charge is 0.242 e. The highest BCUT2D eigenvalue weighted by atomic mass is 16.3. The molecule has 2 aliphatic heterocycles. The third-order valence-corrected chi connectivity index (χ3v) is 6.72. The van der Waals surface area contributed by atoms with Gasteiger partial charge < -0.3 is 14.9 Å². The van der Waals surface area contributed by atoms with E-state index in [4.69, 9.17) is 0 Å². The molecule has 0 bridgehead atoms. The molecule has 2 amide bonds. The molecule has 2 heterocycles. The lowest BCUT2D eigenvalue weighted by molar-refractivity contribution is -0.166. The first-order chi connectivity index (χ1) is 16.6. The van der Waals surface area contributed by atoms with Crippen LogP contribution in [0.1, 0.15) is 28.2 Å². The molecule has 3 aromatic rings. The van der Waals surface area contributed by atoms with Crippen molar-refractivity contribution in [1.82, 2.24) is 9.80 Å². The number of nitrogens with zero attached hydrogens (tertiary/aromatic N) is 2. The summed E-state index contributed by atoms with van der Waals surface area (Å²) in [6.45, 7) is 0.452. The molecule has 170 valence electrons. The van der Waals surface area contributed by atoms with E-state index in [2.05, 4.69) is 11.8 Å². The maximum absolute atomic E-state index is 12.9. The number of benzene rings is 3. The van der Waals surface area contributed by atoms with Crippen LogP contribution in [0.3, 0.4) is 0 Å². The molecule has 5 rings (SSSR count). The predicted molar refractivity (Wildman–Crippen MR) is 130 cm³/mol. The molecule has 1 N–H and O–H groups in total. The van der Waals surface area contributed by atoms with Gasteiger partial charge in [-0.15, -0.1) is 0 Å². The summed E-state index contributed by atoms with van der Waals surface area (Å²) in [7, 11) is 0. The number of carbonyl (C=O) groups is 2. The van der Waals surface area contributed by atoms with Crippen LogP contribution in [-0.4, -0.2) is 58.5 Å². The number of aliphatic hydroxyl groups is 1. The van der Waals surface area contributed by atoms with E-state index in [9.17, 15) is 14.7 Å². The molecule has 5 heteroatoms. The van der Waals surface area contributed by atoms with Crippen molar-refractivity contribution in [2.75, 3.05) is 19.7 Å². The molecule has 3 aromatic carbocycles. The van der Waals surface area contributed by atoms with Crippen LogP contribution in [0.15, 0.2) is 84.9 Å². The summed E-state index contributed by atoms with van der Waals surface area (Å²) in [5.74, 6) is 6.18. The highest BCUT2D eigenvalue weighted by molar-refractivity contribution is 5.88. The number of piperazine rings is 1. The van der Waals surface area contributed by atoms with E-state index in [1.165, 1.54) is 0 Å². The lowest BCUT2D eigenvalue weighted by atomic mass is 9.73. The molecule has 2 saturated heterocycles. The van der Waals surface area contributed by atoms with Crippen molar-refractivity contribution in [1.29, 1.82) is 0 Å². The van der Waals surface area contributed by atoms with Gasteiger partial charge >= 0.3 is 0 Å². The summed E-state index contributed by atoms with van der Waals surface area (Å²) in [5.41, 5.74) is 3.86. The quantitative estimate of drug-likeness (QED) is 0.622. The minimum Gasteiger partial charge on any atom is -0.394 e. The molecule has 0 unspecified atom stereocenters. The Morgan fingerprint density at radius 3 is 2.15 bits per heavy atom. The van der Waals surface area contributed by atoms with Crippen LogP contribution >= 0.6 is 0 Å². The maximum Gasteiger partial charge on any atom is 0.242 e. The number of rotatable bonds is 4. The average molecular weight is 451 g/mol. The highest BCUT2D eigenvalue weighted by Crippen LogP contribution is 2.43. The molecule has 0 aliphatic carbocycles. The first-order valence-corrected chi connectivity index (χ1v) is 11.5. The van der Waals surface area contributed by atoms with Crippen molar-refractivity contribution >= 4 is 11.8 Å². The number of aliphatic hydroxyl groups excluding tert-OH is 1. The van der Waals surface area contributed by atoms with E-state index in [0.29, 0.717) is 6.54 Å². The van der Waals surface area contributed by atoms with Gasteiger partial charge in [0.05, 0.1) is 31.7 Å². The van der Waals surface area contributed by atoms with Gasteiger partial charge in [-0.3, -0.25) is 9.59 Å². The fourth-order valence-electron chi connectivity index (χ4n) is 5.03. The predicted octanol–water partition coefficient (Wildman–Crippen LogP) is 2.83. The summed E-state index contributed by atoms with van der Waals surface area (Å²) in [5, 5.41) is 10.0. The zero-order valence-corrected chi connectivity index (χ0v) is 18.8. The van der Waals surface area contributed by atoms with E-state index in [0.717, 1.165) is 22.3 Å². The van der Waals surface area contributed by atoms with E-state index in [1.54, 1.807) is 9.80 Å². The van der Waals surface area contributed by atoms with Crippen LogP contribution in [0, 0.1) is 11.8 Å². The molecule has 0 spiro atoms. The molecule has 0 aromatic heterocycles. The fraction of sp³-hybridized carbons (Fsp3) is 0.241. The Balaban J connectivity index is 1.31. The fourth-order valence-corrected chi connectivity index (χ4v) is 5.03. The van der Waals surface area contributed by atoms with Crippen molar-refractivity contribution in [3.8, 4) is 11.8 Å². The van der Waals surface area contributed by atoms with Crippen molar-refractivity contribution in [3.05, 3.63) is 107 Å². The molecule has 3 atom stereocenters. The zero-order chi connectivity index (χ0) is 23.5. The van der Waals surface area contributed by atoms with Crippen LogP contribution in [-0.2, 0) is 16.0 Å². The van der Waals surface area contributed by atoms with Crippen LogP contribution < -0.4 is 0 Å². The highest BCUT2D eigenvalue weighted by Gasteiger charge is 2.54. The van der Waals surface area contributed by atoms with Gasteiger partial charge in [-0.1, -0.05) is 72.5 Å². The molecular formula is C29H26N2O3. The molecular weight excluding hydrogens is 424 g/mol. The first kappa shape index (κ1) is 21.9. The number of amides is 2. The lowest BCUT2D eigenvalue weighted by Gasteiger charge is -2.58. The second kappa shape index (κ2) is 9.54. The number of carbonyl (C=O) groups excluding carboxylic acids is 2. The normalized spacial score (nSPS) is 21.2. The second-order valence-electron chi connectivity index (χ2n) is 8.82. The molecule has 2 fully saturated rings. The Morgan fingerprint density at radius 2 is 1.50 bits per heavy atom. The van der Waals surface area contributed by atoms with E-state index in [-0.39, 0.29) is 49.4 Å². The van der Waals surface area contributed by atoms with Gasteiger partial charge in [-0.25, -0.2) is 0 Å². The van der Waals surface area contributed by atoms with Crippen LogP contribution in [0.5, 0.6) is 0 Å². The number of hydrogen-bond acceptors (Lipinski definition) is 3. The van der Waals surface area contributed by atoms with Gasteiger partial charge in [-0.2, -0.15) is 0 Å². The molecule has 2 aliphatic rings. The number of fused-ring (bicyclic) bond motifs is 1. The Kier molecular flexibility index (Phi) is 6.16. The monoisotopic (exact) mass is 450 g/mol. The van der Waals surface area contributed by atoms with Gasteiger partial charge in [0, 0.05) is 23.6 Å². The van der Waals surface area contributed by atoms with Crippen LogP contribution in [0.2, 0.25) is 0 Å². The Hall–Kier alpha value is -3.88. The Morgan fingerprint density at radius 1 is 0.882 bits per heavy atom. The third-order valence-electron chi connectivity index (χ3n) is 6.72. The van der Waals surface area contributed by atoms with Crippen molar-refractivity contribution < 1.29 is 14.7 Å². The topological polar surface area (TPSA) is 60.9 Å². The largest absolute Gasteiger partial charge is 0.394 e. The van der Waals surface area contributed by atoms with Gasteiger partial charge in [0.25, 0.3) is 0 Å². The SMILES string of the molecule is O=C(Cc1ccccc1)N1CC(=O)N2[C@@H](CO)[C@H](c3ccc(C#Cc4ccccc4)cc3)[C@@H]2C1. The minimum absolute atomic E-state index is 0.0163. The van der Waals surface area contributed by atoms with Gasteiger partial charge in [-0.05, 0) is 35.4 Å². The van der Waals surface area contributed by atoms with E-state index in [1.807, 2.05) is 84.9 Å². The van der Waals surface area contributed by atoms with Gasteiger partial charge in [0.2, 0.25) is 11.8 Å². The van der Waals surface area contributed by atoms with E-state index < -0.39 is 0 Å². The van der Waals surface area contributed by atoms with Crippen molar-refractivity contribution in [2.24, 2.45) is 0 Å². The summed E-state index contributed by atoms with van der Waals surface area (Å²) in [6.07, 6.45) is 0.281. The third kappa shape index (κ3) is 4.33. The standard InChI is InChI=1S/C29H26N2O3/c32-20-26-29(24-15-13-22(14-16-24)12-11-21-7-3-1-4-8-21)25-18-30(19-28(34)31(25)26)27(33)17-23-9-5-2-6-10-23/h1-10,13-16,25-26,29,32H,17-20H2/t25-,26-,29+/m0/s1. The Bertz CT molecular complexity index is 1230. The average Bonchev–Trinajstić information content (AvgIpc) is 2.86. The maximum atomic E-state index is 12.9. The first-order valence-electron chi connectivity index (χ1n) is 11.5. The van der Waals surface area contributed by atoms with Crippen molar-refractivity contribution in [3.63, 3.8) is 0 Å². The molecule has 0 saturated carbocycles. The van der Waals surface area contributed by atoms with E-state index >= 15 is 0 Å². The number of hydrogen-bond donors (Lipinski definition) is 1. The minimum atomic E-state index is -0.259. The molecule has 34 heavy (non-hydrogen) atoms. The summed E-state index contributed by atoms with van der Waals surface area (Å²) in [4.78, 5) is 29.2. The van der Waals surface area contributed by atoms with Gasteiger partial charge in [0.1, 0.15) is 0 Å². The molecule has 5 nitrogen and oxygen atoms in total. The Labute approximate surface area is 199 Å². The van der Waals surface area contributed by atoms with Crippen molar-refractivity contribution in [2.45, 2.75) is 24.4 Å². The van der Waals surface area contributed by atoms with Crippen LogP contribution in [0.4, 0.5) is 0 Å².